The monoisotopic (exact) mass is 352 g/mol. The van der Waals surface area contributed by atoms with Gasteiger partial charge in [0, 0.05) is 61.2 Å². The number of rotatable bonds is 5. The molecule has 4 heteroatoms. The first-order valence-electron chi connectivity index (χ1n) is 9.65. The van der Waals surface area contributed by atoms with Crippen LogP contribution in [0.5, 0.6) is 0 Å². The van der Waals surface area contributed by atoms with E-state index in [1.807, 2.05) is 12.1 Å². The molecule has 2 aromatic carbocycles. The predicted molar refractivity (Wildman–Crippen MR) is 106 cm³/mol. The van der Waals surface area contributed by atoms with Gasteiger partial charge in [-0.2, -0.15) is 0 Å². The molecule has 0 amide bonds. The van der Waals surface area contributed by atoms with Crippen molar-refractivity contribution in [3.05, 3.63) is 48.0 Å². The number of hydrogen-bond acceptors (Lipinski definition) is 4. The average molecular weight is 352 g/mol. The van der Waals surface area contributed by atoms with Crippen LogP contribution in [0.4, 0.5) is 0 Å². The summed E-state index contributed by atoms with van der Waals surface area (Å²) in [5, 5.41) is 11.8. The molecule has 1 aromatic heterocycles. The molecule has 0 unspecified atom stereocenters. The van der Waals surface area contributed by atoms with Crippen LogP contribution in [-0.2, 0) is 6.54 Å². The Labute approximate surface area is 155 Å². The Morgan fingerprint density at radius 1 is 1.08 bits per heavy atom. The number of furan rings is 1. The highest BCUT2D eigenvalue weighted by molar-refractivity contribution is 6.05. The van der Waals surface area contributed by atoms with Gasteiger partial charge in [-0.3, -0.25) is 9.80 Å². The van der Waals surface area contributed by atoms with Crippen molar-refractivity contribution >= 4 is 21.9 Å². The van der Waals surface area contributed by atoms with Gasteiger partial charge < -0.3 is 9.52 Å². The van der Waals surface area contributed by atoms with E-state index in [2.05, 4.69) is 54.0 Å². The number of piperazine rings is 1. The molecule has 138 valence electrons. The molecule has 0 spiro atoms. The first-order chi connectivity index (χ1) is 12.7. The third kappa shape index (κ3) is 3.25. The van der Waals surface area contributed by atoms with Gasteiger partial charge in [-0.25, -0.2) is 0 Å². The van der Waals surface area contributed by atoms with Crippen molar-refractivity contribution in [1.29, 1.82) is 0 Å². The quantitative estimate of drug-likeness (QED) is 0.757. The molecule has 3 aromatic rings. The van der Waals surface area contributed by atoms with Gasteiger partial charge in [0.05, 0.1) is 0 Å². The van der Waals surface area contributed by atoms with E-state index in [4.69, 9.17) is 4.42 Å². The molecule has 2 heterocycles. The van der Waals surface area contributed by atoms with E-state index in [9.17, 15) is 5.11 Å². The third-order valence-corrected chi connectivity index (χ3v) is 5.62. The Morgan fingerprint density at radius 3 is 2.69 bits per heavy atom. The zero-order valence-electron chi connectivity index (χ0n) is 15.7. The highest BCUT2D eigenvalue weighted by atomic mass is 16.3. The van der Waals surface area contributed by atoms with E-state index in [0.717, 1.165) is 43.8 Å². The third-order valence-electron chi connectivity index (χ3n) is 5.62. The van der Waals surface area contributed by atoms with E-state index < -0.39 is 0 Å². The van der Waals surface area contributed by atoms with Gasteiger partial charge in [-0.15, -0.1) is 0 Å². The molecule has 1 N–H and O–H groups in total. The fourth-order valence-electron chi connectivity index (χ4n) is 4.33. The number of benzene rings is 2. The van der Waals surface area contributed by atoms with Crippen LogP contribution in [0.15, 0.2) is 46.9 Å². The van der Waals surface area contributed by atoms with Crippen LogP contribution in [0.3, 0.4) is 0 Å². The maximum Gasteiger partial charge on any atom is 0.139 e. The summed E-state index contributed by atoms with van der Waals surface area (Å²) in [5.74, 6) is 0. The lowest BCUT2D eigenvalue weighted by Gasteiger charge is -2.43. The molecule has 0 radical (unpaired) electrons. The summed E-state index contributed by atoms with van der Waals surface area (Å²) < 4.78 is 6.18. The van der Waals surface area contributed by atoms with E-state index in [-0.39, 0.29) is 6.61 Å². The topological polar surface area (TPSA) is 39.9 Å². The van der Waals surface area contributed by atoms with E-state index >= 15 is 0 Å². The van der Waals surface area contributed by atoms with Crippen LogP contribution in [0.1, 0.15) is 25.8 Å². The first-order valence-corrected chi connectivity index (χ1v) is 9.65. The van der Waals surface area contributed by atoms with Crippen molar-refractivity contribution in [3.63, 3.8) is 0 Å². The molecular weight excluding hydrogens is 324 g/mol. The zero-order chi connectivity index (χ0) is 18.1. The number of fused-ring (bicyclic) bond motifs is 3. The smallest absolute Gasteiger partial charge is 0.139 e. The second-order valence-electron chi connectivity index (χ2n) is 7.62. The Balaban J connectivity index is 1.59. The van der Waals surface area contributed by atoms with Gasteiger partial charge in [0.1, 0.15) is 11.2 Å². The van der Waals surface area contributed by atoms with Gasteiger partial charge in [-0.05, 0) is 26.3 Å². The maximum absolute atomic E-state index is 9.46. The maximum atomic E-state index is 9.46. The normalized spacial score (nSPS) is 19.8. The highest BCUT2D eigenvalue weighted by Crippen LogP contribution is 2.31. The van der Waals surface area contributed by atoms with Crippen LogP contribution in [0.2, 0.25) is 0 Å². The fourth-order valence-corrected chi connectivity index (χ4v) is 4.33. The molecule has 1 aliphatic rings. The molecular formula is C22H28N2O2. The van der Waals surface area contributed by atoms with Crippen molar-refractivity contribution in [2.45, 2.75) is 38.9 Å². The second kappa shape index (κ2) is 7.39. The van der Waals surface area contributed by atoms with Gasteiger partial charge in [0.2, 0.25) is 0 Å². The minimum absolute atomic E-state index is 0.251. The van der Waals surface area contributed by atoms with Crippen molar-refractivity contribution in [1.82, 2.24) is 9.80 Å². The standard InChI is InChI=1S/C22H28N2O2/c1-16(2)24-12-11-23(15-18(24)10-13-25)14-17-6-5-8-20-19-7-3-4-9-21(19)26-22(17)20/h3-9,16,18,25H,10-15H2,1-2H3/t18-/m0/s1. The summed E-state index contributed by atoms with van der Waals surface area (Å²) >= 11 is 0. The average Bonchev–Trinajstić information content (AvgIpc) is 3.02. The lowest BCUT2D eigenvalue weighted by molar-refractivity contribution is 0.0350. The Bertz CT molecular complexity index is 886. The van der Waals surface area contributed by atoms with Crippen molar-refractivity contribution < 1.29 is 9.52 Å². The Morgan fingerprint density at radius 2 is 1.88 bits per heavy atom. The number of aliphatic hydroxyl groups excluding tert-OH is 1. The van der Waals surface area contributed by atoms with Gasteiger partial charge >= 0.3 is 0 Å². The largest absolute Gasteiger partial charge is 0.456 e. The van der Waals surface area contributed by atoms with Gasteiger partial charge in [0.15, 0.2) is 0 Å². The van der Waals surface area contributed by atoms with E-state index in [1.165, 1.54) is 16.3 Å². The number of nitrogens with zero attached hydrogens (tertiary/aromatic N) is 2. The van der Waals surface area contributed by atoms with Crippen molar-refractivity contribution in [2.75, 3.05) is 26.2 Å². The second-order valence-corrected chi connectivity index (χ2v) is 7.62. The SMILES string of the molecule is CC(C)N1CCN(Cc2cccc3c2oc2ccccc23)C[C@@H]1CCO. The van der Waals surface area contributed by atoms with Crippen LogP contribution in [0, 0.1) is 0 Å². The summed E-state index contributed by atoms with van der Waals surface area (Å²) in [5.41, 5.74) is 3.22. The summed E-state index contributed by atoms with van der Waals surface area (Å²) in [4.78, 5) is 5.02. The molecule has 0 bridgehead atoms. The summed E-state index contributed by atoms with van der Waals surface area (Å²) in [6, 6.07) is 15.7. The Hall–Kier alpha value is -1.88. The molecule has 0 aliphatic carbocycles. The van der Waals surface area contributed by atoms with Crippen LogP contribution in [0.25, 0.3) is 21.9 Å². The van der Waals surface area contributed by atoms with Crippen LogP contribution >= 0.6 is 0 Å². The number of hydrogen-bond donors (Lipinski definition) is 1. The minimum atomic E-state index is 0.251. The summed E-state index contributed by atoms with van der Waals surface area (Å²) in [6.07, 6.45) is 0.837. The number of para-hydroxylation sites is 2. The lowest BCUT2D eigenvalue weighted by atomic mass is 10.0. The molecule has 1 fully saturated rings. The molecule has 4 rings (SSSR count). The first kappa shape index (κ1) is 17.5. The van der Waals surface area contributed by atoms with Crippen LogP contribution in [-0.4, -0.2) is 53.2 Å². The molecule has 1 saturated heterocycles. The van der Waals surface area contributed by atoms with Crippen LogP contribution < -0.4 is 0 Å². The predicted octanol–water partition coefficient (Wildman–Crippen LogP) is 3.86. The van der Waals surface area contributed by atoms with Crippen molar-refractivity contribution in [2.24, 2.45) is 0 Å². The molecule has 1 atom stereocenters. The summed E-state index contributed by atoms with van der Waals surface area (Å²) in [7, 11) is 0. The van der Waals surface area contributed by atoms with Gasteiger partial charge in [-0.1, -0.05) is 36.4 Å². The molecule has 0 saturated carbocycles. The highest BCUT2D eigenvalue weighted by Gasteiger charge is 2.28. The molecule has 4 nitrogen and oxygen atoms in total. The minimum Gasteiger partial charge on any atom is -0.456 e. The Kier molecular flexibility index (Phi) is 4.98. The fraction of sp³-hybridized carbons (Fsp3) is 0.455. The number of aliphatic hydroxyl groups is 1. The summed E-state index contributed by atoms with van der Waals surface area (Å²) in [6.45, 7) is 8.74. The van der Waals surface area contributed by atoms with Gasteiger partial charge in [0.25, 0.3) is 0 Å². The van der Waals surface area contributed by atoms with E-state index in [0.29, 0.717) is 12.1 Å². The lowest BCUT2D eigenvalue weighted by Crippen LogP contribution is -2.55. The van der Waals surface area contributed by atoms with E-state index in [1.54, 1.807) is 0 Å². The zero-order valence-corrected chi connectivity index (χ0v) is 15.7. The molecule has 26 heavy (non-hydrogen) atoms. The molecule has 1 aliphatic heterocycles. The van der Waals surface area contributed by atoms with Crippen molar-refractivity contribution in [3.8, 4) is 0 Å².